The van der Waals surface area contributed by atoms with Crippen LogP contribution in [-0.2, 0) is 4.79 Å². The minimum Gasteiger partial charge on any atom is -0.341 e. The SMILES string of the molecule is CC1(C)CCCC1C(=O)N1CCCC(N)C1. The Hall–Kier alpha value is -0.570. The third-order valence-electron chi connectivity index (χ3n) is 4.32. The van der Waals surface area contributed by atoms with Crippen LogP contribution in [0.2, 0.25) is 0 Å². The minimum absolute atomic E-state index is 0.193. The Labute approximate surface area is 98.4 Å². The van der Waals surface area contributed by atoms with Crippen LogP contribution in [0.5, 0.6) is 0 Å². The molecule has 0 radical (unpaired) electrons. The van der Waals surface area contributed by atoms with Crippen molar-refractivity contribution in [2.45, 2.75) is 52.0 Å². The molecule has 1 saturated heterocycles. The quantitative estimate of drug-likeness (QED) is 0.737. The zero-order chi connectivity index (χ0) is 11.8. The highest BCUT2D eigenvalue weighted by molar-refractivity contribution is 5.80. The van der Waals surface area contributed by atoms with Crippen LogP contribution in [0.15, 0.2) is 0 Å². The fourth-order valence-corrected chi connectivity index (χ4v) is 3.22. The Bertz CT molecular complexity index is 275. The smallest absolute Gasteiger partial charge is 0.226 e. The van der Waals surface area contributed by atoms with Gasteiger partial charge >= 0.3 is 0 Å². The molecular weight excluding hydrogens is 200 g/mol. The van der Waals surface area contributed by atoms with Crippen molar-refractivity contribution in [3.05, 3.63) is 0 Å². The second-order valence-corrected chi connectivity index (χ2v) is 6.12. The molecule has 0 aromatic heterocycles. The molecule has 0 spiro atoms. The lowest BCUT2D eigenvalue weighted by atomic mass is 9.81. The summed E-state index contributed by atoms with van der Waals surface area (Å²) in [6.45, 7) is 6.14. The van der Waals surface area contributed by atoms with Crippen molar-refractivity contribution in [2.75, 3.05) is 13.1 Å². The first-order valence-electron chi connectivity index (χ1n) is 6.55. The maximum Gasteiger partial charge on any atom is 0.226 e. The lowest BCUT2D eigenvalue weighted by molar-refractivity contribution is -0.139. The van der Waals surface area contributed by atoms with Crippen LogP contribution in [0.25, 0.3) is 0 Å². The molecule has 3 heteroatoms. The van der Waals surface area contributed by atoms with Crippen LogP contribution < -0.4 is 5.73 Å². The number of rotatable bonds is 1. The van der Waals surface area contributed by atoms with Crippen LogP contribution >= 0.6 is 0 Å². The molecule has 1 aliphatic carbocycles. The van der Waals surface area contributed by atoms with Crippen molar-refractivity contribution < 1.29 is 4.79 Å². The molecule has 1 saturated carbocycles. The zero-order valence-corrected chi connectivity index (χ0v) is 10.5. The van der Waals surface area contributed by atoms with E-state index in [0.29, 0.717) is 5.91 Å². The molecule has 0 bridgehead atoms. The Morgan fingerprint density at radius 2 is 2.06 bits per heavy atom. The van der Waals surface area contributed by atoms with E-state index >= 15 is 0 Å². The average molecular weight is 224 g/mol. The second kappa shape index (κ2) is 4.36. The van der Waals surface area contributed by atoms with Crippen molar-refractivity contribution in [3.63, 3.8) is 0 Å². The summed E-state index contributed by atoms with van der Waals surface area (Å²) < 4.78 is 0. The maximum absolute atomic E-state index is 12.4. The first-order chi connectivity index (χ1) is 7.50. The molecule has 0 aromatic carbocycles. The van der Waals surface area contributed by atoms with Gasteiger partial charge in [-0.15, -0.1) is 0 Å². The van der Waals surface area contributed by atoms with E-state index in [1.807, 2.05) is 4.90 Å². The van der Waals surface area contributed by atoms with Gasteiger partial charge in [-0.25, -0.2) is 0 Å². The summed E-state index contributed by atoms with van der Waals surface area (Å²) in [7, 11) is 0. The van der Waals surface area contributed by atoms with E-state index in [0.717, 1.165) is 32.4 Å². The van der Waals surface area contributed by atoms with Gasteiger partial charge in [-0.3, -0.25) is 4.79 Å². The van der Waals surface area contributed by atoms with Crippen LogP contribution in [0.3, 0.4) is 0 Å². The van der Waals surface area contributed by atoms with Gasteiger partial charge in [0.25, 0.3) is 0 Å². The molecule has 2 rings (SSSR count). The van der Waals surface area contributed by atoms with Gasteiger partial charge in [0.15, 0.2) is 0 Å². The third kappa shape index (κ3) is 2.24. The molecule has 2 atom stereocenters. The Balaban J connectivity index is 2.01. The standard InChI is InChI=1S/C13H24N2O/c1-13(2)7-3-6-11(13)12(16)15-8-4-5-10(14)9-15/h10-11H,3-9,14H2,1-2H3. The summed E-state index contributed by atoms with van der Waals surface area (Å²) in [5.41, 5.74) is 6.13. The summed E-state index contributed by atoms with van der Waals surface area (Å²) in [5.74, 6) is 0.593. The summed E-state index contributed by atoms with van der Waals surface area (Å²) in [6, 6.07) is 0.196. The van der Waals surface area contributed by atoms with Crippen molar-refractivity contribution in [1.82, 2.24) is 4.90 Å². The Kier molecular flexibility index (Phi) is 3.24. The van der Waals surface area contributed by atoms with Gasteiger partial charge in [-0.2, -0.15) is 0 Å². The number of amides is 1. The predicted molar refractivity (Wildman–Crippen MR) is 64.9 cm³/mol. The molecule has 2 aliphatic rings. The largest absolute Gasteiger partial charge is 0.341 e. The lowest BCUT2D eigenvalue weighted by Crippen LogP contribution is -2.49. The molecule has 2 N–H and O–H groups in total. The van der Waals surface area contributed by atoms with Crippen LogP contribution in [-0.4, -0.2) is 29.9 Å². The number of carbonyl (C=O) groups is 1. The van der Waals surface area contributed by atoms with Crippen molar-refractivity contribution in [1.29, 1.82) is 0 Å². The summed E-state index contributed by atoms with van der Waals surface area (Å²) in [6.07, 6.45) is 5.59. The van der Waals surface area contributed by atoms with Gasteiger partial charge in [0.1, 0.15) is 0 Å². The van der Waals surface area contributed by atoms with E-state index in [1.54, 1.807) is 0 Å². The van der Waals surface area contributed by atoms with E-state index in [2.05, 4.69) is 13.8 Å². The van der Waals surface area contributed by atoms with Crippen molar-refractivity contribution in [3.8, 4) is 0 Å². The molecule has 16 heavy (non-hydrogen) atoms. The highest BCUT2D eigenvalue weighted by Crippen LogP contribution is 2.43. The molecule has 92 valence electrons. The fraction of sp³-hybridized carbons (Fsp3) is 0.923. The Morgan fingerprint density at radius 1 is 1.31 bits per heavy atom. The van der Waals surface area contributed by atoms with Gasteiger partial charge in [-0.05, 0) is 31.1 Å². The van der Waals surface area contributed by atoms with E-state index in [1.165, 1.54) is 12.8 Å². The monoisotopic (exact) mass is 224 g/mol. The van der Waals surface area contributed by atoms with E-state index in [-0.39, 0.29) is 17.4 Å². The molecule has 3 nitrogen and oxygen atoms in total. The molecule has 2 fully saturated rings. The van der Waals surface area contributed by atoms with E-state index < -0.39 is 0 Å². The zero-order valence-electron chi connectivity index (χ0n) is 10.5. The normalized spacial score (nSPS) is 34.1. The fourth-order valence-electron chi connectivity index (χ4n) is 3.22. The topological polar surface area (TPSA) is 46.3 Å². The number of nitrogens with two attached hydrogens (primary N) is 1. The van der Waals surface area contributed by atoms with Crippen molar-refractivity contribution >= 4 is 5.91 Å². The lowest BCUT2D eigenvalue weighted by Gasteiger charge is -2.36. The summed E-state index contributed by atoms with van der Waals surface area (Å²) >= 11 is 0. The van der Waals surface area contributed by atoms with E-state index in [9.17, 15) is 4.79 Å². The van der Waals surface area contributed by atoms with Gasteiger partial charge in [0, 0.05) is 25.0 Å². The van der Waals surface area contributed by atoms with Gasteiger partial charge < -0.3 is 10.6 Å². The molecule has 0 aromatic rings. The van der Waals surface area contributed by atoms with Gasteiger partial charge in [0.05, 0.1) is 0 Å². The molecular formula is C13H24N2O. The van der Waals surface area contributed by atoms with Gasteiger partial charge in [-0.1, -0.05) is 20.3 Å². The first kappa shape index (κ1) is 11.9. The summed E-state index contributed by atoms with van der Waals surface area (Å²) in [5, 5.41) is 0. The number of piperidine rings is 1. The highest BCUT2D eigenvalue weighted by Gasteiger charge is 2.41. The van der Waals surface area contributed by atoms with Crippen LogP contribution in [0.1, 0.15) is 46.0 Å². The highest BCUT2D eigenvalue weighted by atomic mass is 16.2. The number of likely N-dealkylation sites (tertiary alicyclic amines) is 1. The summed E-state index contributed by atoms with van der Waals surface area (Å²) in [4.78, 5) is 14.4. The number of hydrogen-bond donors (Lipinski definition) is 1. The maximum atomic E-state index is 12.4. The molecule has 1 amide bonds. The number of nitrogens with zero attached hydrogens (tertiary/aromatic N) is 1. The minimum atomic E-state index is 0.193. The average Bonchev–Trinajstić information content (AvgIpc) is 2.57. The molecule has 1 heterocycles. The van der Waals surface area contributed by atoms with E-state index in [4.69, 9.17) is 5.73 Å². The molecule has 1 aliphatic heterocycles. The predicted octanol–water partition coefficient (Wildman–Crippen LogP) is 1.76. The third-order valence-corrected chi connectivity index (χ3v) is 4.32. The van der Waals surface area contributed by atoms with Crippen LogP contribution in [0, 0.1) is 11.3 Å². The van der Waals surface area contributed by atoms with Gasteiger partial charge in [0.2, 0.25) is 5.91 Å². The number of hydrogen-bond acceptors (Lipinski definition) is 2. The first-order valence-corrected chi connectivity index (χ1v) is 6.55. The second-order valence-electron chi connectivity index (χ2n) is 6.12. The van der Waals surface area contributed by atoms with Crippen LogP contribution in [0.4, 0.5) is 0 Å². The molecule has 2 unspecified atom stereocenters. The van der Waals surface area contributed by atoms with Crippen molar-refractivity contribution in [2.24, 2.45) is 17.1 Å². The Morgan fingerprint density at radius 3 is 2.62 bits per heavy atom. The number of carbonyl (C=O) groups excluding carboxylic acids is 1.